The minimum atomic E-state index is -0.249. The van der Waals surface area contributed by atoms with Gasteiger partial charge in [-0.05, 0) is 30.7 Å². The number of fused-ring (bicyclic) bond motifs is 1. The Labute approximate surface area is 142 Å². The monoisotopic (exact) mass is 347 g/mol. The summed E-state index contributed by atoms with van der Waals surface area (Å²) >= 11 is 1.50. The number of hydrogen-bond donors (Lipinski definition) is 2. The van der Waals surface area contributed by atoms with Crippen LogP contribution in [0.2, 0.25) is 0 Å². The summed E-state index contributed by atoms with van der Waals surface area (Å²) in [4.78, 5) is 5.37. The second-order valence-electron chi connectivity index (χ2n) is 5.68. The molecule has 24 heavy (non-hydrogen) atoms. The second kappa shape index (κ2) is 6.84. The van der Waals surface area contributed by atoms with E-state index in [1.807, 2.05) is 6.20 Å². The van der Waals surface area contributed by atoms with Gasteiger partial charge in [0.2, 0.25) is 10.1 Å². The van der Waals surface area contributed by atoms with E-state index in [1.54, 1.807) is 16.6 Å². The molecule has 1 aromatic carbocycles. The summed E-state index contributed by atoms with van der Waals surface area (Å²) < 4.78 is 20.4. The first-order valence-corrected chi connectivity index (χ1v) is 8.78. The fourth-order valence-electron chi connectivity index (χ4n) is 2.68. The number of hydrogen-bond acceptors (Lipinski definition) is 6. The van der Waals surface area contributed by atoms with Gasteiger partial charge in [0.05, 0.1) is 24.6 Å². The lowest BCUT2D eigenvalue weighted by Crippen LogP contribution is -2.39. The Morgan fingerprint density at radius 2 is 2.25 bits per heavy atom. The van der Waals surface area contributed by atoms with Gasteiger partial charge in [-0.2, -0.15) is 0 Å². The number of nitrogens with zero attached hydrogens (tertiary/aromatic N) is 3. The average Bonchev–Trinajstić information content (AvgIpc) is 3.15. The van der Waals surface area contributed by atoms with E-state index in [0.29, 0.717) is 0 Å². The molecular formula is C16H18FN5OS. The van der Waals surface area contributed by atoms with Gasteiger partial charge >= 0.3 is 0 Å². The third kappa shape index (κ3) is 3.40. The summed E-state index contributed by atoms with van der Waals surface area (Å²) in [6.45, 7) is 3.43. The summed E-state index contributed by atoms with van der Waals surface area (Å²) in [5.41, 5.74) is 1.67. The molecule has 0 radical (unpaired) electrons. The highest BCUT2D eigenvalue weighted by Gasteiger charge is 2.14. The highest BCUT2D eigenvalue weighted by atomic mass is 32.1. The van der Waals surface area contributed by atoms with Gasteiger partial charge in [-0.25, -0.2) is 13.9 Å². The number of morpholine rings is 1. The SMILES string of the molecule is Fc1ccc(-c2cn3nc(NCCC4CNCCO4)sc3n2)cc1. The van der Waals surface area contributed by atoms with Gasteiger partial charge in [0.1, 0.15) is 5.82 Å². The lowest BCUT2D eigenvalue weighted by molar-refractivity contribution is 0.0258. The minimum Gasteiger partial charge on any atom is -0.376 e. The third-order valence-electron chi connectivity index (χ3n) is 3.93. The van der Waals surface area contributed by atoms with Crippen molar-refractivity contribution in [2.45, 2.75) is 12.5 Å². The third-order valence-corrected chi connectivity index (χ3v) is 4.81. The smallest absolute Gasteiger partial charge is 0.214 e. The van der Waals surface area contributed by atoms with Gasteiger partial charge in [0.15, 0.2) is 0 Å². The predicted octanol–water partition coefficient (Wildman–Crippen LogP) is 2.39. The van der Waals surface area contributed by atoms with Crippen LogP contribution in [0.1, 0.15) is 6.42 Å². The Kier molecular flexibility index (Phi) is 4.42. The Hall–Kier alpha value is -2.03. The van der Waals surface area contributed by atoms with Crippen LogP contribution in [-0.4, -0.2) is 46.9 Å². The Balaban J connectivity index is 1.39. The molecule has 2 N–H and O–H groups in total. The molecule has 4 rings (SSSR count). The van der Waals surface area contributed by atoms with Crippen molar-refractivity contribution >= 4 is 21.4 Å². The lowest BCUT2D eigenvalue weighted by Gasteiger charge is -2.23. The molecule has 0 saturated carbocycles. The molecule has 2 aromatic heterocycles. The molecule has 0 aliphatic carbocycles. The van der Waals surface area contributed by atoms with Crippen LogP contribution in [0.4, 0.5) is 9.52 Å². The van der Waals surface area contributed by atoms with Crippen molar-refractivity contribution < 1.29 is 9.13 Å². The zero-order valence-electron chi connectivity index (χ0n) is 13.0. The molecule has 1 unspecified atom stereocenters. The van der Waals surface area contributed by atoms with Gasteiger partial charge in [0.25, 0.3) is 0 Å². The predicted molar refractivity (Wildman–Crippen MR) is 92.0 cm³/mol. The minimum absolute atomic E-state index is 0.249. The molecule has 0 spiro atoms. The van der Waals surface area contributed by atoms with Crippen LogP contribution < -0.4 is 10.6 Å². The molecule has 1 aliphatic rings. The van der Waals surface area contributed by atoms with Crippen LogP contribution in [0.3, 0.4) is 0 Å². The summed E-state index contributed by atoms with van der Waals surface area (Å²) in [6.07, 6.45) is 3.06. The van der Waals surface area contributed by atoms with Crippen LogP contribution >= 0.6 is 11.3 Å². The van der Waals surface area contributed by atoms with Gasteiger partial charge in [-0.15, -0.1) is 5.10 Å². The number of halogens is 1. The molecule has 1 aliphatic heterocycles. The van der Waals surface area contributed by atoms with Crippen molar-refractivity contribution in [3.05, 3.63) is 36.3 Å². The molecule has 6 nitrogen and oxygen atoms in total. The van der Waals surface area contributed by atoms with Crippen molar-refractivity contribution in [1.29, 1.82) is 0 Å². The molecule has 1 saturated heterocycles. The van der Waals surface area contributed by atoms with Crippen molar-refractivity contribution in [3.63, 3.8) is 0 Å². The maximum absolute atomic E-state index is 13.0. The Morgan fingerprint density at radius 3 is 3.00 bits per heavy atom. The largest absolute Gasteiger partial charge is 0.376 e. The van der Waals surface area contributed by atoms with E-state index in [1.165, 1.54) is 23.5 Å². The summed E-state index contributed by atoms with van der Waals surface area (Å²) in [7, 11) is 0. The maximum Gasteiger partial charge on any atom is 0.214 e. The number of benzene rings is 1. The maximum atomic E-state index is 13.0. The number of ether oxygens (including phenoxy) is 1. The van der Waals surface area contributed by atoms with Crippen LogP contribution in [0.5, 0.6) is 0 Å². The number of anilines is 1. The molecule has 0 bridgehead atoms. The van der Waals surface area contributed by atoms with Crippen molar-refractivity contribution in [3.8, 4) is 11.3 Å². The molecule has 3 aromatic rings. The zero-order valence-corrected chi connectivity index (χ0v) is 13.9. The second-order valence-corrected chi connectivity index (χ2v) is 6.64. The number of imidazole rings is 1. The van der Waals surface area contributed by atoms with Crippen LogP contribution in [0.15, 0.2) is 30.5 Å². The number of rotatable bonds is 5. The first-order valence-electron chi connectivity index (χ1n) is 7.96. The number of aromatic nitrogens is 3. The quantitative estimate of drug-likeness (QED) is 0.742. The zero-order chi connectivity index (χ0) is 16.4. The van der Waals surface area contributed by atoms with Crippen LogP contribution in [0.25, 0.3) is 16.2 Å². The average molecular weight is 347 g/mol. The van der Waals surface area contributed by atoms with E-state index < -0.39 is 0 Å². The number of nitrogens with one attached hydrogen (secondary N) is 2. The molecule has 1 fully saturated rings. The lowest BCUT2D eigenvalue weighted by atomic mass is 10.2. The summed E-state index contributed by atoms with van der Waals surface area (Å²) in [6, 6.07) is 6.31. The Morgan fingerprint density at radius 1 is 1.38 bits per heavy atom. The van der Waals surface area contributed by atoms with E-state index >= 15 is 0 Å². The fraction of sp³-hybridized carbons (Fsp3) is 0.375. The topological polar surface area (TPSA) is 63.5 Å². The standard InChI is InChI=1S/C16H18FN5OS/c17-12-3-1-11(2-4-12)14-10-22-16(20-14)24-15(21-22)19-6-5-13-9-18-7-8-23-13/h1-4,10,13,18H,5-9H2,(H,19,21). The normalized spacial score (nSPS) is 18.1. The summed E-state index contributed by atoms with van der Waals surface area (Å²) in [5.74, 6) is -0.249. The van der Waals surface area contributed by atoms with Gasteiger partial charge in [-0.3, -0.25) is 0 Å². The van der Waals surface area contributed by atoms with Crippen LogP contribution in [-0.2, 0) is 4.74 Å². The van der Waals surface area contributed by atoms with Crippen LogP contribution in [0, 0.1) is 5.82 Å². The molecule has 126 valence electrons. The summed E-state index contributed by atoms with van der Waals surface area (Å²) in [5, 5.41) is 12.0. The van der Waals surface area contributed by atoms with Gasteiger partial charge in [0, 0.05) is 25.2 Å². The van der Waals surface area contributed by atoms with E-state index in [4.69, 9.17) is 4.74 Å². The van der Waals surface area contributed by atoms with Gasteiger partial charge in [-0.1, -0.05) is 11.3 Å². The van der Waals surface area contributed by atoms with E-state index in [9.17, 15) is 4.39 Å². The van der Waals surface area contributed by atoms with Crippen molar-refractivity contribution in [1.82, 2.24) is 19.9 Å². The molecule has 0 amide bonds. The molecule has 8 heteroatoms. The highest BCUT2D eigenvalue weighted by molar-refractivity contribution is 7.20. The fourth-order valence-corrected chi connectivity index (χ4v) is 3.48. The molecule has 3 heterocycles. The van der Waals surface area contributed by atoms with Crippen molar-refractivity contribution in [2.75, 3.05) is 31.6 Å². The first kappa shape index (κ1) is 15.5. The molecule has 1 atom stereocenters. The van der Waals surface area contributed by atoms with E-state index in [2.05, 4.69) is 20.7 Å². The van der Waals surface area contributed by atoms with E-state index in [0.717, 1.165) is 54.0 Å². The highest BCUT2D eigenvalue weighted by Crippen LogP contribution is 2.24. The van der Waals surface area contributed by atoms with Gasteiger partial charge < -0.3 is 15.4 Å². The first-order chi connectivity index (χ1) is 11.8. The molecular weight excluding hydrogens is 329 g/mol. The Bertz CT molecular complexity index is 778. The van der Waals surface area contributed by atoms with E-state index in [-0.39, 0.29) is 11.9 Å². The van der Waals surface area contributed by atoms with Crippen molar-refractivity contribution in [2.24, 2.45) is 0 Å².